The zero-order valence-corrected chi connectivity index (χ0v) is 40.2. The molecule has 7 unspecified atom stereocenters. The summed E-state index contributed by atoms with van der Waals surface area (Å²) < 4.78 is 16.6. The highest BCUT2D eigenvalue weighted by atomic mass is 16.7. The molecule has 1 aliphatic heterocycles. The quantitative estimate of drug-likeness (QED) is 0.0197. The third-order valence-electron chi connectivity index (χ3n) is 11.6. The second-order valence-electron chi connectivity index (χ2n) is 17.5. The number of rotatable bonds is 42. The predicted octanol–water partition coefficient (Wildman–Crippen LogP) is 10.3. The number of aliphatic hydroxyl groups excluding tert-OH is 5. The van der Waals surface area contributed by atoms with E-state index in [1.54, 1.807) is 6.08 Å². The van der Waals surface area contributed by atoms with Gasteiger partial charge in [-0.25, -0.2) is 0 Å². The highest BCUT2D eigenvalue weighted by Crippen LogP contribution is 2.22. The van der Waals surface area contributed by atoms with Crippen LogP contribution >= 0.6 is 0 Å². The number of aliphatic hydroxyl groups is 5. The van der Waals surface area contributed by atoms with Crippen LogP contribution in [0.5, 0.6) is 0 Å². The molecular formula is C53H93NO10. The Morgan fingerprint density at radius 1 is 0.578 bits per heavy atom. The maximum absolute atomic E-state index is 12.9. The van der Waals surface area contributed by atoms with Crippen LogP contribution in [0.3, 0.4) is 0 Å². The Hall–Kier alpha value is -2.64. The molecule has 64 heavy (non-hydrogen) atoms. The largest absolute Gasteiger partial charge is 0.466 e. The molecule has 0 radical (unpaired) electrons. The van der Waals surface area contributed by atoms with Gasteiger partial charge in [0.15, 0.2) is 6.29 Å². The Morgan fingerprint density at radius 2 is 1.11 bits per heavy atom. The van der Waals surface area contributed by atoms with E-state index in [0.717, 1.165) is 83.5 Å². The van der Waals surface area contributed by atoms with Gasteiger partial charge in [0.05, 0.1) is 32.0 Å². The number of hydrogen-bond donors (Lipinski definition) is 6. The molecule has 370 valence electrons. The molecule has 11 heteroatoms. The lowest BCUT2D eigenvalue weighted by atomic mass is 9.99. The Bertz CT molecular complexity index is 1250. The fraction of sp³-hybridized carbons (Fsp3) is 0.774. The number of hydrogen-bond acceptors (Lipinski definition) is 10. The van der Waals surface area contributed by atoms with Crippen LogP contribution in [0.15, 0.2) is 60.8 Å². The fourth-order valence-electron chi connectivity index (χ4n) is 7.46. The van der Waals surface area contributed by atoms with Gasteiger partial charge in [0.2, 0.25) is 5.91 Å². The minimum absolute atomic E-state index is 0.0418. The van der Waals surface area contributed by atoms with Crippen molar-refractivity contribution in [2.45, 2.75) is 243 Å². The minimum atomic E-state index is -1.60. The summed E-state index contributed by atoms with van der Waals surface area (Å²) in [5, 5.41) is 54.0. The summed E-state index contributed by atoms with van der Waals surface area (Å²) in [7, 11) is 0. The van der Waals surface area contributed by atoms with E-state index in [-0.39, 0.29) is 24.9 Å². The van der Waals surface area contributed by atoms with Crippen LogP contribution in [0, 0.1) is 0 Å². The second kappa shape index (κ2) is 43.0. The molecule has 1 heterocycles. The van der Waals surface area contributed by atoms with Gasteiger partial charge in [0, 0.05) is 12.8 Å². The lowest BCUT2D eigenvalue weighted by molar-refractivity contribution is -0.302. The van der Waals surface area contributed by atoms with Crippen molar-refractivity contribution in [3.63, 3.8) is 0 Å². The summed E-state index contributed by atoms with van der Waals surface area (Å²) >= 11 is 0. The lowest BCUT2D eigenvalue weighted by Crippen LogP contribution is -2.60. The van der Waals surface area contributed by atoms with E-state index in [2.05, 4.69) is 55.6 Å². The number of amides is 1. The summed E-state index contributed by atoms with van der Waals surface area (Å²) in [5.41, 5.74) is 0. The summed E-state index contributed by atoms with van der Waals surface area (Å²) in [6.07, 6.45) is 43.2. The molecule has 1 saturated heterocycles. The summed E-state index contributed by atoms with van der Waals surface area (Å²) in [6, 6.07) is -0.878. The monoisotopic (exact) mass is 904 g/mol. The molecule has 0 aromatic rings. The van der Waals surface area contributed by atoms with Crippen LogP contribution in [0.1, 0.15) is 200 Å². The first-order chi connectivity index (χ1) is 31.2. The molecule has 1 amide bonds. The molecule has 0 spiro atoms. The van der Waals surface area contributed by atoms with Gasteiger partial charge in [-0.05, 0) is 70.6 Å². The van der Waals surface area contributed by atoms with Crippen molar-refractivity contribution in [3.8, 4) is 0 Å². The topological polar surface area (TPSA) is 175 Å². The first kappa shape index (κ1) is 59.4. The van der Waals surface area contributed by atoms with Gasteiger partial charge in [-0.1, -0.05) is 177 Å². The number of carbonyl (C=O) groups is 2. The normalized spacial score (nSPS) is 20.4. The number of nitrogens with one attached hydrogen (secondary N) is 1. The molecular weight excluding hydrogens is 811 g/mol. The summed E-state index contributed by atoms with van der Waals surface area (Å²) in [5.74, 6) is -0.322. The van der Waals surface area contributed by atoms with Gasteiger partial charge in [0.25, 0.3) is 0 Å². The first-order valence-electron chi connectivity index (χ1n) is 25.6. The molecule has 6 N–H and O–H groups in total. The SMILES string of the molecule is CCC/C=C/CC/C=C/CC/C=C/C(O)C(COC1OC(CO)C(O)C(O)C1O)NC(=O)CC/C=C\C/C=C\CCCCCCCCOC(=O)CCCCCCCCCCCCCC. The maximum atomic E-state index is 12.9. The van der Waals surface area contributed by atoms with Crippen molar-refractivity contribution >= 4 is 11.9 Å². The second-order valence-corrected chi connectivity index (χ2v) is 17.5. The van der Waals surface area contributed by atoms with Crippen LogP contribution in [0.25, 0.3) is 0 Å². The van der Waals surface area contributed by atoms with E-state index in [4.69, 9.17) is 14.2 Å². The Kier molecular flexibility index (Phi) is 39.9. The summed E-state index contributed by atoms with van der Waals surface area (Å²) in [6.45, 7) is 4.13. The van der Waals surface area contributed by atoms with Gasteiger partial charge in [-0.15, -0.1) is 0 Å². The van der Waals surface area contributed by atoms with E-state index in [9.17, 15) is 35.1 Å². The highest BCUT2D eigenvalue weighted by Gasteiger charge is 2.44. The minimum Gasteiger partial charge on any atom is -0.466 e. The number of unbranched alkanes of at least 4 members (excludes halogenated alkanes) is 20. The van der Waals surface area contributed by atoms with Crippen molar-refractivity contribution in [1.82, 2.24) is 5.32 Å². The van der Waals surface area contributed by atoms with Crippen molar-refractivity contribution in [3.05, 3.63) is 60.8 Å². The smallest absolute Gasteiger partial charge is 0.305 e. The van der Waals surface area contributed by atoms with E-state index in [1.165, 1.54) is 77.0 Å². The molecule has 1 fully saturated rings. The zero-order chi connectivity index (χ0) is 46.7. The predicted molar refractivity (Wildman–Crippen MR) is 260 cm³/mol. The molecule has 0 aromatic carbocycles. The highest BCUT2D eigenvalue weighted by molar-refractivity contribution is 5.76. The Labute approximate surface area is 388 Å². The van der Waals surface area contributed by atoms with E-state index >= 15 is 0 Å². The number of esters is 1. The molecule has 11 nitrogen and oxygen atoms in total. The number of carbonyl (C=O) groups excluding carboxylic acids is 2. The number of ether oxygens (including phenoxy) is 3. The molecule has 0 aliphatic carbocycles. The van der Waals surface area contributed by atoms with Crippen LogP contribution in [-0.4, -0.2) is 100 Å². The average molecular weight is 904 g/mol. The number of allylic oxidation sites excluding steroid dienone is 9. The molecule has 7 atom stereocenters. The van der Waals surface area contributed by atoms with Gasteiger partial charge >= 0.3 is 5.97 Å². The first-order valence-corrected chi connectivity index (χ1v) is 25.6. The van der Waals surface area contributed by atoms with E-state index < -0.39 is 49.5 Å². The average Bonchev–Trinajstić information content (AvgIpc) is 3.29. The van der Waals surface area contributed by atoms with Crippen molar-refractivity contribution in [2.75, 3.05) is 19.8 Å². The van der Waals surface area contributed by atoms with Crippen LogP contribution in [0.4, 0.5) is 0 Å². The molecule has 0 saturated carbocycles. The third kappa shape index (κ3) is 32.9. The zero-order valence-electron chi connectivity index (χ0n) is 40.2. The summed E-state index contributed by atoms with van der Waals surface area (Å²) in [4.78, 5) is 25.0. The molecule has 0 bridgehead atoms. The Morgan fingerprint density at radius 3 is 1.72 bits per heavy atom. The van der Waals surface area contributed by atoms with Crippen molar-refractivity contribution < 1.29 is 49.3 Å². The Balaban J connectivity index is 2.24. The van der Waals surface area contributed by atoms with Gasteiger partial charge < -0.3 is 45.1 Å². The molecule has 1 aliphatic rings. The fourth-order valence-corrected chi connectivity index (χ4v) is 7.46. The lowest BCUT2D eigenvalue weighted by Gasteiger charge is -2.40. The molecule has 0 aromatic heterocycles. The van der Waals surface area contributed by atoms with Crippen LogP contribution < -0.4 is 5.32 Å². The van der Waals surface area contributed by atoms with Crippen LogP contribution in [-0.2, 0) is 23.8 Å². The third-order valence-corrected chi connectivity index (χ3v) is 11.6. The van der Waals surface area contributed by atoms with Gasteiger partial charge in [-0.2, -0.15) is 0 Å². The standard InChI is InChI=1S/C53H93NO10/c1-3-5-7-9-11-13-15-21-25-29-33-37-41-49(58)62-42-38-34-30-26-22-18-16-17-20-24-28-32-36-40-48(57)54-45(44-63-53-52(61)51(60)50(59)47(43-55)64-53)46(56)39-35-31-27-23-19-14-12-10-8-6-4-2/h8,10,17,19-20,23,28,32,35,39,45-47,50-53,55-56,59-61H,3-7,9,11-16,18,21-22,24-27,29-31,33-34,36-38,40-44H2,1-2H3,(H,54,57)/b10-8+,20-17-,23-19+,32-28-,39-35+. The van der Waals surface area contributed by atoms with Gasteiger partial charge in [-0.3, -0.25) is 9.59 Å². The van der Waals surface area contributed by atoms with Crippen molar-refractivity contribution in [1.29, 1.82) is 0 Å². The van der Waals surface area contributed by atoms with Crippen LogP contribution in [0.2, 0.25) is 0 Å². The van der Waals surface area contributed by atoms with E-state index in [1.807, 2.05) is 18.2 Å². The van der Waals surface area contributed by atoms with Crippen molar-refractivity contribution in [2.24, 2.45) is 0 Å². The van der Waals surface area contributed by atoms with E-state index in [0.29, 0.717) is 25.9 Å². The van der Waals surface area contributed by atoms with Gasteiger partial charge in [0.1, 0.15) is 24.4 Å². The maximum Gasteiger partial charge on any atom is 0.305 e. The molecule has 1 rings (SSSR count).